The smallest absolute Gasteiger partial charge is 0.241 e. The van der Waals surface area contributed by atoms with Crippen LogP contribution in [0.5, 0.6) is 0 Å². The van der Waals surface area contributed by atoms with Crippen LogP contribution in [0.3, 0.4) is 0 Å². The Bertz CT molecular complexity index is 517. The van der Waals surface area contributed by atoms with Crippen LogP contribution in [0.2, 0.25) is 0 Å². The van der Waals surface area contributed by atoms with E-state index >= 15 is 0 Å². The van der Waals surface area contributed by atoms with Crippen molar-refractivity contribution in [3.05, 3.63) is 29.6 Å². The SMILES string of the molecule is O=C(CC1(O)CCCC1)NNc1ccc(F)c(F)c1F. The number of amides is 1. The molecule has 3 N–H and O–H groups in total. The van der Waals surface area contributed by atoms with Gasteiger partial charge in [0.1, 0.15) is 0 Å². The predicted octanol–water partition coefficient (Wildman–Crippen LogP) is 2.24. The molecular formula is C13H15F3N2O2. The Kier molecular flexibility index (Phi) is 4.17. The fourth-order valence-electron chi connectivity index (χ4n) is 2.31. The summed E-state index contributed by atoms with van der Waals surface area (Å²) in [4.78, 5) is 11.6. The van der Waals surface area contributed by atoms with Crippen LogP contribution in [0, 0.1) is 17.5 Å². The molecule has 1 aliphatic rings. The van der Waals surface area contributed by atoms with Crippen molar-refractivity contribution in [3.63, 3.8) is 0 Å². The van der Waals surface area contributed by atoms with Crippen LogP contribution in [0.4, 0.5) is 18.9 Å². The van der Waals surface area contributed by atoms with E-state index in [2.05, 4.69) is 10.9 Å². The minimum absolute atomic E-state index is 0.120. The van der Waals surface area contributed by atoms with Crippen molar-refractivity contribution < 1.29 is 23.1 Å². The molecule has 1 fully saturated rings. The molecule has 0 atom stereocenters. The van der Waals surface area contributed by atoms with E-state index in [0.717, 1.165) is 25.0 Å². The third-order valence-corrected chi connectivity index (χ3v) is 3.40. The van der Waals surface area contributed by atoms with Gasteiger partial charge in [-0.25, -0.2) is 13.2 Å². The molecule has 0 aliphatic heterocycles. The zero-order chi connectivity index (χ0) is 14.8. The molecule has 20 heavy (non-hydrogen) atoms. The van der Waals surface area contributed by atoms with Gasteiger partial charge in [-0.2, -0.15) is 0 Å². The minimum Gasteiger partial charge on any atom is -0.389 e. The van der Waals surface area contributed by atoms with Crippen LogP contribution in [0.25, 0.3) is 0 Å². The van der Waals surface area contributed by atoms with Gasteiger partial charge in [0, 0.05) is 0 Å². The fourth-order valence-corrected chi connectivity index (χ4v) is 2.31. The number of aliphatic hydroxyl groups is 1. The summed E-state index contributed by atoms with van der Waals surface area (Å²) in [5.74, 6) is -4.87. The minimum atomic E-state index is -1.61. The first-order chi connectivity index (χ1) is 9.41. The van der Waals surface area contributed by atoms with E-state index in [0.29, 0.717) is 12.8 Å². The molecular weight excluding hydrogens is 273 g/mol. The molecule has 110 valence electrons. The average molecular weight is 288 g/mol. The van der Waals surface area contributed by atoms with Gasteiger partial charge in [0.05, 0.1) is 17.7 Å². The van der Waals surface area contributed by atoms with Gasteiger partial charge in [-0.15, -0.1) is 0 Å². The maximum atomic E-state index is 13.3. The van der Waals surface area contributed by atoms with Crippen molar-refractivity contribution in [2.45, 2.75) is 37.7 Å². The first kappa shape index (κ1) is 14.6. The topological polar surface area (TPSA) is 61.4 Å². The van der Waals surface area contributed by atoms with Crippen molar-refractivity contribution in [2.24, 2.45) is 0 Å². The van der Waals surface area contributed by atoms with Gasteiger partial charge >= 0.3 is 0 Å². The number of rotatable bonds is 4. The quantitative estimate of drug-likeness (QED) is 0.588. The molecule has 1 aliphatic carbocycles. The van der Waals surface area contributed by atoms with Gasteiger partial charge < -0.3 is 5.11 Å². The number of hydrogen-bond donors (Lipinski definition) is 3. The van der Waals surface area contributed by atoms with Gasteiger partial charge in [-0.3, -0.25) is 15.6 Å². The van der Waals surface area contributed by atoms with Crippen LogP contribution < -0.4 is 10.9 Å². The molecule has 1 aromatic rings. The number of carbonyl (C=O) groups is 1. The Morgan fingerprint density at radius 2 is 1.85 bits per heavy atom. The average Bonchev–Trinajstić information content (AvgIpc) is 2.81. The zero-order valence-electron chi connectivity index (χ0n) is 10.7. The summed E-state index contributed by atoms with van der Waals surface area (Å²) < 4.78 is 39.0. The molecule has 1 amide bonds. The maximum absolute atomic E-state index is 13.3. The summed E-state index contributed by atoms with van der Waals surface area (Å²) in [6.07, 6.45) is 2.68. The summed E-state index contributed by atoms with van der Waals surface area (Å²) in [6, 6.07) is 1.72. The van der Waals surface area contributed by atoms with E-state index in [9.17, 15) is 23.1 Å². The monoisotopic (exact) mass is 288 g/mol. The van der Waals surface area contributed by atoms with Gasteiger partial charge in [-0.1, -0.05) is 12.8 Å². The van der Waals surface area contributed by atoms with Crippen LogP contribution in [0.15, 0.2) is 12.1 Å². The Morgan fingerprint density at radius 1 is 1.20 bits per heavy atom. The first-order valence-corrected chi connectivity index (χ1v) is 6.32. The van der Waals surface area contributed by atoms with Gasteiger partial charge in [0.2, 0.25) is 5.91 Å². The zero-order valence-corrected chi connectivity index (χ0v) is 10.7. The number of carbonyl (C=O) groups excluding carboxylic acids is 1. The standard InChI is InChI=1S/C13H15F3N2O2/c14-8-3-4-9(12(16)11(8)15)17-18-10(19)7-13(20)5-1-2-6-13/h3-4,17,20H,1-2,5-7H2,(H,18,19). The van der Waals surface area contributed by atoms with Crippen molar-refractivity contribution >= 4 is 11.6 Å². The summed E-state index contributed by atoms with van der Waals surface area (Å²) in [5, 5.41) is 10.0. The maximum Gasteiger partial charge on any atom is 0.241 e. The molecule has 0 saturated heterocycles. The second-order valence-electron chi connectivity index (χ2n) is 5.00. The van der Waals surface area contributed by atoms with Crippen molar-refractivity contribution in [2.75, 3.05) is 5.43 Å². The number of hydrazine groups is 1. The molecule has 1 aromatic carbocycles. The predicted molar refractivity (Wildman–Crippen MR) is 66.1 cm³/mol. The van der Waals surface area contributed by atoms with E-state index < -0.39 is 29.0 Å². The van der Waals surface area contributed by atoms with E-state index in [1.807, 2.05) is 0 Å². The van der Waals surface area contributed by atoms with Crippen LogP contribution >= 0.6 is 0 Å². The largest absolute Gasteiger partial charge is 0.389 e. The Morgan fingerprint density at radius 3 is 2.50 bits per heavy atom. The highest BCUT2D eigenvalue weighted by Gasteiger charge is 2.33. The third kappa shape index (κ3) is 3.22. The first-order valence-electron chi connectivity index (χ1n) is 6.32. The highest BCUT2D eigenvalue weighted by molar-refractivity contribution is 5.78. The molecule has 0 bridgehead atoms. The molecule has 7 heteroatoms. The molecule has 0 unspecified atom stereocenters. The van der Waals surface area contributed by atoms with Gasteiger partial charge in [0.15, 0.2) is 17.5 Å². The molecule has 4 nitrogen and oxygen atoms in total. The lowest BCUT2D eigenvalue weighted by atomic mass is 9.98. The van der Waals surface area contributed by atoms with Crippen molar-refractivity contribution in [1.82, 2.24) is 5.43 Å². The molecule has 0 spiro atoms. The molecule has 0 heterocycles. The fraction of sp³-hybridized carbons (Fsp3) is 0.462. The van der Waals surface area contributed by atoms with Gasteiger partial charge in [-0.05, 0) is 25.0 Å². The van der Waals surface area contributed by atoms with E-state index in [4.69, 9.17) is 0 Å². The van der Waals surface area contributed by atoms with E-state index in [1.165, 1.54) is 0 Å². The number of benzene rings is 1. The molecule has 0 radical (unpaired) electrons. The number of nitrogens with one attached hydrogen (secondary N) is 2. The molecule has 2 rings (SSSR count). The summed E-state index contributed by atoms with van der Waals surface area (Å²) in [6.45, 7) is 0. The summed E-state index contributed by atoms with van der Waals surface area (Å²) in [7, 11) is 0. The highest BCUT2D eigenvalue weighted by atomic mass is 19.2. The lowest BCUT2D eigenvalue weighted by Crippen LogP contribution is -2.37. The summed E-state index contributed by atoms with van der Waals surface area (Å²) in [5.41, 5.74) is 2.93. The number of hydrogen-bond acceptors (Lipinski definition) is 3. The van der Waals surface area contributed by atoms with Crippen molar-refractivity contribution in [3.8, 4) is 0 Å². The third-order valence-electron chi connectivity index (χ3n) is 3.40. The number of anilines is 1. The van der Waals surface area contributed by atoms with E-state index in [1.54, 1.807) is 0 Å². The Balaban J connectivity index is 1.92. The Labute approximate surface area is 114 Å². The molecule has 0 aromatic heterocycles. The van der Waals surface area contributed by atoms with Crippen LogP contribution in [-0.4, -0.2) is 16.6 Å². The lowest BCUT2D eigenvalue weighted by molar-refractivity contribution is -0.125. The number of halogens is 3. The second kappa shape index (κ2) is 5.70. The normalized spacial score (nSPS) is 17.0. The second-order valence-corrected chi connectivity index (χ2v) is 5.00. The molecule has 1 saturated carbocycles. The van der Waals surface area contributed by atoms with Crippen LogP contribution in [-0.2, 0) is 4.79 Å². The lowest BCUT2D eigenvalue weighted by Gasteiger charge is -2.21. The Hall–Kier alpha value is -1.76. The van der Waals surface area contributed by atoms with E-state index in [-0.39, 0.29) is 12.1 Å². The highest BCUT2D eigenvalue weighted by Crippen LogP contribution is 2.32. The van der Waals surface area contributed by atoms with Crippen LogP contribution in [0.1, 0.15) is 32.1 Å². The van der Waals surface area contributed by atoms with Crippen molar-refractivity contribution in [1.29, 1.82) is 0 Å². The summed E-state index contributed by atoms with van der Waals surface area (Å²) >= 11 is 0. The van der Waals surface area contributed by atoms with Gasteiger partial charge in [0.25, 0.3) is 0 Å².